The van der Waals surface area contributed by atoms with Crippen LogP contribution in [-0.2, 0) is 11.2 Å². The SMILES string of the molecule is O=C(CCc1ccccc1Br)NNC(=O)c1ccccc1. The lowest BCUT2D eigenvalue weighted by Crippen LogP contribution is -2.41. The van der Waals surface area contributed by atoms with Crippen molar-refractivity contribution in [1.29, 1.82) is 0 Å². The second-order valence-corrected chi connectivity index (χ2v) is 5.31. The van der Waals surface area contributed by atoms with Gasteiger partial charge in [-0.3, -0.25) is 20.4 Å². The minimum atomic E-state index is -0.329. The number of hydrogen-bond donors (Lipinski definition) is 2. The van der Waals surface area contributed by atoms with E-state index in [1.54, 1.807) is 24.3 Å². The Morgan fingerprint density at radius 1 is 0.905 bits per heavy atom. The van der Waals surface area contributed by atoms with E-state index in [9.17, 15) is 9.59 Å². The molecule has 0 aliphatic carbocycles. The molecule has 0 aliphatic rings. The Kier molecular flexibility index (Phi) is 5.51. The summed E-state index contributed by atoms with van der Waals surface area (Å²) in [7, 11) is 0. The van der Waals surface area contributed by atoms with Crippen molar-refractivity contribution in [3.8, 4) is 0 Å². The molecule has 0 saturated heterocycles. The lowest BCUT2D eigenvalue weighted by molar-refractivity contribution is -0.121. The molecule has 0 spiro atoms. The third kappa shape index (κ3) is 4.72. The van der Waals surface area contributed by atoms with Crippen molar-refractivity contribution in [2.75, 3.05) is 0 Å². The maximum Gasteiger partial charge on any atom is 0.269 e. The molecule has 0 aromatic heterocycles. The van der Waals surface area contributed by atoms with Gasteiger partial charge in [0, 0.05) is 16.5 Å². The van der Waals surface area contributed by atoms with Crippen LogP contribution in [0.3, 0.4) is 0 Å². The zero-order valence-electron chi connectivity index (χ0n) is 11.3. The van der Waals surface area contributed by atoms with Gasteiger partial charge in [0.1, 0.15) is 0 Å². The van der Waals surface area contributed by atoms with Gasteiger partial charge in [0.05, 0.1) is 0 Å². The van der Waals surface area contributed by atoms with Crippen molar-refractivity contribution in [3.63, 3.8) is 0 Å². The van der Waals surface area contributed by atoms with Crippen molar-refractivity contribution in [3.05, 3.63) is 70.2 Å². The van der Waals surface area contributed by atoms with Gasteiger partial charge in [-0.25, -0.2) is 0 Å². The normalized spacial score (nSPS) is 9.95. The van der Waals surface area contributed by atoms with Gasteiger partial charge in [-0.05, 0) is 30.2 Å². The molecule has 2 amide bonds. The monoisotopic (exact) mass is 346 g/mol. The Balaban J connectivity index is 1.78. The van der Waals surface area contributed by atoms with Crippen LogP contribution in [0.15, 0.2) is 59.1 Å². The molecule has 2 N–H and O–H groups in total. The number of rotatable bonds is 4. The van der Waals surface area contributed by atoms with E-state index in [-0.39, 0.29) is 11.8 Å². The molecular weight excluding hydrogens is 332 g/mol. The van der Waals surface area contributed by atoms with Crippen molar-refractivity contribution in [2.24, 2.45) is 0 Å². The molecule has 21 heavy (non-hydrogen) atoms. The number of aryl methyl sites for hydroxylation is 1. The van der Waals surface area contributed by atoms with Crippen LogP contribution in [-0.4, -0.2) is 11.8 Å². The second kappa shape index (κ2) is 7.59. The summed E-state index contributed by atoms with van der Waals surface area (Å²) in [4.78, 5) is 23.5. The number of amides is 2. The summed E-state index contributed by atoms with van der Waals surface area (Å²) in [6.45, 7) is 0. The molecule has 0 fully saturated rings. The lowest BCUT2D eigenvalue weighted by Gasteiger charge is -2.08. The van der Waals surface area contributed by atoms with E-state index in [1.165, 1.54) is 0 Å². The van der Waals surface area contributed by atoms with Crippen LogP contribution in [0.1, 0.15) is 22.3 Å². The molecule has 2 aromatic rings. The molecule has 2 aromatic carbocycles. The maximum absolute atomic E-state index is 11.7. The summed E-state index contributed by atoms with van der Waals surface area (Å²) < 4.78 is 0.978. The summed E-state index contributed by atoms with van der Waals surface area (Å²) in [5, 5.41) is 0. The molecule has 5 heteroatoms. The van der Waals surface area contributed by atoms with Crippen LogP contribution in [0.2, 0.25) is 0 Å². The van der Waals surface area contributed by atoms with E-state index in [1.807, 2.05) is 30.3 Å². The summed E-state index contributed by atoms with van der Waals surface area (Å²) in [5.74, 6) is -0.556. The van der Waals surface area contributed by atoms with E-state index >= 15 is 0 Å². The Bertz CT molecular complexity index is 629. The van der Waals surface area contributed by atoms with E-state index < -0.39 is 0 Å². The Labute approximate surface area is 131 Å². The molecule has 4 nitrogen and oxygen atoms in total. The Morgan fingerprint density at radius 2 is 1.57 bits per heavy atom. The highest BCUT2D eigenvalue weighted by Crippen LogP contribution is 2.17. The van der Waals surface area contributed by atoms with Gasteiger partial charge < -0.3 is 0 Å². The number of carbonyl (C=O) groups is 2. The maximum atomic E-state index is 11.7. The molecule has 108 valence electrons. The molecule has 0 radical (unpaired) electrons. The van der Waals surface area contributed by atoms with Crippen LogP contribution >= 0.6 is 15.9 Å². The van der Waals surface area contributed by atoms with Crippen LogP contribution in [0.4, 0.5) is 0 Å². The first kappa shape index (κ1) is 15.3. The van der Waals surface area contributed by atoms with Gasteiger partial charge in [-0.15, -0.1) is 0 Å². The molecular formula is C16H15BrN2O2. The zero-order chi connectivity index (χ0) is 15.1. The number of benzene rings is 2. The fraction of sp³-hybridized carbons (Fsp3) is 0.125. The van der Waals surface area contributed by atoms with Crippen molar-refractivity contribution >= 4 is 27.7 Å². The number of carbonyl (C=O) groups excluding carboxylic acids is 2. The van der Waals surface area contributed by atoms with Gasteiger partial charge in [-0.2, -0.15) is 0 Å². The Morgan fingerprint density at radius 3 is 2.29 bits per heavy atom. The van der Waals surface area contributed by atoms with Crippen LogP contribution < -0.4 is 10.9 Å². The average molecular weight is 347 g/mol. The number of hydrazine groups is 1. The largest absolute Gasteiger partial charge is 0.273 e. The third-order valence-corrected chi connectivity index (χ3v) is 3.70. The highest BCUT2D eigenvalue weighted by atomic mass is 79.9. The first-order chi connectivity index (χ1) is 10.2. The van der Waals surface area contributed by atoms with Crippen LogP contribution in [0.25, 0.3) is 0 Å². The zero-order valence-corrected chi connectivity index (χ0v) is 12.9. The molecule has 0 heterocycles. The van der Waals surface area contributed by atoms with Crippen molar-refractivity contribution < 1.29 is 9.59 Å². The first-order valence-electron chi connectivity index (χ1n) is 6.54. The predicted octanol–water partition coefficient (Wildman–Crippen LogP) is 2.84. The fourth-order valence-corrected chi connectivity index (χ4v) is 2.28. The summed E-state index contributed by atoms with van der Waals surface area (Å²) in [6, 6.07) is 16.5. The van der Waals surface area contributed by atoms with Crippen molar-refractivity contribution in [2.45, 2.75) is 12.8 Å². The van der Waals surface area contributed by atoms with Crippen LogP contribution in [0.5, 0.6) is 0 Å². The van der Waals surface area contributed by atoms with Gasteiger partial charge in [0.25, 0.3) is 5.91 Å². The molecule has 0 saturated carbocycles. The smallest absolute Gasteiger partial charge is 0.269 e. The topological polar surface area (TPSA) is 58.2 Å². The first-order valence-corrected chi connectivity index (χ1v) is 7.34. The average Bonchev–Trinajstić information content (AvgIpc) is 2.52. The summed E-state index contributed by atoms with van der Waals surface area (Å²) in [5.41, 5.74) is 6.38. The highest BCUT2D eigenvalue weighted by molar-refractivity contribution is 9.10. The summed E-state index contributed by atoms with van der Waals surface area (Å²) in [6.07, 6.45) is 0.909. The molecule has 0 atom stereocenters. The van der Waals surface area contributed by atoms with Crippen molar-refractivity contribution in [1.82, 2.24) is 10.9 Å². The fourth-order valence-electron chi connectivity index (χ4n) is 1.80. The second-order valence-electron chi connectivity index (χ2n) is 4.46. The Hall–Kier alpha value is -2.14. The lowest BCUT2D eigenvalue weighted by atomic mass is 10.1. The molecule has 0 bridgehead atoms. The van der Waals surface area contributed by atoms with Gasteiger partial charge in [0.15, 0.2) is 0 Å². The predicted molar refractivity (Wildman–Crippen MR) is 84.5 cm³/mol. The van der Waals surface area contributed by atoms with Gasteiger partial charge in [-0.1, -0.05) is 52.3 Å². The quantitative estimate of drug-likeness (QED) is 0.836. The molecule has 0 unspecified atom stereocenters. The minimum absolute atomic E-state index is 0.227. The van der Waals surface area contributed by atoms with E-state index in [0.717, 1.165) is 10.0 Å². The van der Waals surface area contributed by atoms with E-state index in [0.29, 0.717) is 18.4 Å². The van der Waals surface area contributed by atoms with Gasteiger partial charge in [0.2, 0.25) is 5.91 Å². The number of hydrogen-bond acceptors (Lipinski definition) is 2. The molecule has 2 rings (SSSR count). The third-order valence-electron chi connectivity index (χ3n) is 2.93. The van der Waals surface area contributed by atoms with Crippen LogP contribution in [0, 0.1) is 0 Å². The van der Waals surface area contributed by atoms with E-state index in [2.05, 4.69) is 26.8 Å². The highest BCUT2D eigenvalue weighted by Gasteiger charge is 2.07. The number of nitrogens with one attached hydrogen (secondary N) is 2. The number of halogens is 1. The minimum Gasteiger partial charge on any atom is -0.273 e. The summed E-state index contributed by atoms with van der Waals surface area (Å²) >= 11 is 3.44. The standard InChI is InChI=1S/C16H15BrN2O2/c17-14-9-5-4-6-12(14)10-11-15(20)18-19-16(21)13-7-2-1-3-8-13/h1-9H,10-11H2,(H,18,20)(H,19,21). The van der Waals surface area contributed by atoms with E-state index in [4.69, 9.17) is 0 Å². The molecule has 0 aliphatic heterocycles. The van der Waals surface area contributed by atoms with Gasteiger partial charge >= 0.3 is 0 Å².